The third kappa shape index (κ3) is 6.85. The molecule has 0 saturated heterocycles. The fourth-order valence-electron chi connectivity index (χ4n) is 4.70. The fourth-order valence-corrected chi connectivity index (χ4v) is 4.70. The van der Waals surface area contributed by atoms with Crippen molar-refractivity contribution in [2.24, 2.45) is 0 Å². The Kier molecular flexibility index (Phi) is 9.33. The Morgan fingerprint density at radius 2 is 1.39 bits per heavy atom. The summed E-state index contributed by atoms with van der Waals surface area (Å²) in [5, 5.41) is 1.60. The Hall–Kier alpha value is -3.39. The zero-order valence-electron chi connectivity index (χ0n) is 21.4. The second-order valence-corrected chi connectivity index (χ2v) is 9.59. The van der Waals surface area contributed by atoms with Crippen LogP contribution in [0.4, 0.5) is 4.39 Å². The number of ether oxygens (including phenoxy) is 1. The molecule has 186 valence electrons. The fraction of sp³-hybridized carbons (Fsp3) is 0.294. The first-order valence-corrected chi connectivity index (χ1v) is 13.3. The van der Waals surface area contributed by atoms with Gasteiger partial charge in [0.15, 0.2) is 0 Å². The molecule has 0 radical (unpaired) electrons. The summed E-state index contributed by atoms with van der Waals surface area (Å²) >= 11 is 0. The van der Waals surface area contributed by atoms with Crippen LogP contribution in [0.1, 0.15) is 55.7 Å². The van der Waals surface area contributed by atoms with Crippen LogP contribution in [0, 0.1) is 5.82 Å². The lowest BCUT2D eigenvalue weighted by molar-refractivity contribution is 0.363. The molecule has 0 amide bonds. The topological polar surface area (TPSA) is 9.23 Å². The van der Waals surface area contributed by atoms with Crippen LogP contribution in [-0.4, -0.2) is 6.61 Å². The molecule has 0 aliphatic carbocycles. The summed E-state index contributed by atoms with van der Waals surface area (Å²) < 4.78 is 20.9. The highest BCUT2D eigenvalue weighted by Crippen LogP contribution is 2.31. The van der Waals surface area contributed by atoms with Gasteiger partial charge in [0.25, 0.3) is 0 Å². The SMILES string of the molecule is C=CCOc1ccc(-c2ccc3cc(CCc4ccc(CCCCCCC)cc4)ccc3c2F)cc1. The van der Waals surface area contributed by atoms with Crippen LogP contribution in [0.25, 0.3) is 21.9 Å². The molecule has 0 N–H and O–H groups in total. The van der Waals surface area contributed by atoms with Crippen molar-refractivity contribution in [3.63, 3.8) is 0 Å². The number of aryl methyl sites for hydroxylation is 3. The maximum Gasteiger partial charge on any atom is 0.138 e. The highest BCUT2D eigenvalue weighted by atomic mass is 19.1. The van der Waals surface area contributed by atoms with Crippen molar-refractivity contribution < 1.29 is 9.13 Å². The Bertz CT molecular complexity index is 1260. The van der Waals surface area contributed by atoms with E-state index in [0.717, 1.165) is 29.5 Å². The van der Waals surface area contributed by atoms with E-state index in [0.29, 0.717) is 17.6 Å². The molecule has 0 unspecified atom stereocenters. The molecule has 0 aromatic heterocycles. The van der Waals surface area contributed by atoms with Gasteiger partial charge < -0.3 is 4.74 Å². The molecule has 36 heavy (non-hydrogen) atoms. The third-order valence-corrected chi connectivity index (χ3v) is 6.85. The van der Waals surface area contributed by atoms with Gasteiger partial charge in [0.05, 0.1) is 0 Å². The predicted octanol–water partition coefficient (Wildman–Crippen LogP) is 9.51. The predicted molar refractivity (Wildman–Crippen MR) is 151 cm³/mol. The lowest BCUT2D eigenvalue weighted by atomic mass is 9.96. The van der Waals surface area contributed by atoms with Crippen LogP contribution < -0.4 is 4.74 Å². The zero-order chi connectivity index (χ0) is 25.2. The highest BCUT2D eigenvalue weighted by molar-refractivity contribution is 5.88. The van der Waals surface area contributed by atoms with Gasteiger partial charge in [-0.1, -0.05) is 112 Å². The smallest absolute Gasteiger partial charge is 0.138 e. The molecular weight excluding hydrogens is 443 g/mol. The van der Waals surface area contributed by atoms with Crippen molar-refractivity contribution >= 4 is 10.8 Å². The van der Waals surface area contributed by atoms with Crippen molar-refractivity contribution in [3.8, 4) is 16.9 Å². The monoisotopic (exact) mass is 480 g/mol. The zero-order valence-corrected chi connectivity index (χ0v) is 21.4. The van der Waals surface area contributed by atoms with E-state index in [4.69, 9.17) is 4.74 Å². The molecule has 4 aromatic carbocycles. The molecule has 1 nitrogen and oxygen atoms in total. The van der Waals surface area contributed by atoms with E-state index in [2.05, 4.69) is 49.9 Å². The van der Waals surface area contributed by atoms with E-state index in [1.807, 2.05) is 42.5 Å². The van der Waals surface area contributed by atoms with Gasteiger partial charge >= 0.3 is 0 Å². The molecule has 4 aromatic rings. The Balaban J connectivity index is 1.37. The van der Waals surface area contributed by atoms with Gasteiger partial charge in [-0.15, -0.1) is 0 Å². The minimum Gasteiger partial charge on any atom is -0.490 e. The van der Waals surface area contributed by atoms with E-state index in [-0.39, 0.29) is 5.82 Å². The largest absolute Gasteiger partial charge is 0.490 e. The number of hydrogen-bond acceptors (Lipinski definition) is 1. The summed E-state index contributed by atoms with van der Waals surface area (Å²) in [6.07, 6.45) is 11.4. The lowest BCUT2D eigenvalue weighted by Crippen LogP contribution is -1.94. The van der Waals surface area contributed by atoms with E-state index < -0.39 is 0 Å². The molecule has 0 saturated carbocycles. The van der Waals surface area contributed by atoms with E-state index in [1.54, 1.807) is 6.08 Å². The molecule has 0 bridgehead atoms. The molecule has 0 spiro atoms. The summed E-state index contributed by atoms with van der Waals surface area (Å²) in [5.41, 5.74) is 5.47. The molecule has 0 fully saturated rings. The quantitative estimate of drug-likeness (QED) is 0.137. The van der Waals surface area contributed by atoms with Crippen molar-refractivity contribution in [3.05, 3.63) is 114 Å². The first-order chi connectivity index (χ1) is 17.7. The van der Waals surface area contributed by atoms with Gasteiger partial charge in [0, 0.05) is 10.9 Å². The van der Waals surface area contributed by atoms with Gasteiger partial charge in [-0.3, -0.25) is 0 Å². The highest BCUT2D eigenvalue weighted by Gasteiger charge is 2.10. The van der Waals surface area contributed by atoms with Crippen molar-refractivity contribution in [2.75, 3.05) is 6.61 Å². The molecule has 4 rings (SSSR count). The second-order valence-electron chi connectivity index (χ2n) is 9.59. The van der Waals surface area contributed by atoms with Gasteiger partial charge in [0.2, 0.25) is 0 Å². The molecular formula is C34H37FO. The second kappa shape index (κ2) is 13.1. The number of rotatable bonds is 13. The number of fused-ring (bicyclic) bond motifs is 1. The Morgan fingerprint density at radius 1 is 0.722 bits per heavy atom. The van der Waals surface area contributed by atoms with Gasteiger partial charge in [-0.05, 0) is 65.5 Å². The molecule has 0 aliphatic rings. The minimum absolute atomic E-state index is 0.177. The number of hydrogen-bond donors (Lipinski definition) is 0. The van der Waals surface area contributed by atoms with E-state index in [9.17, 15) is 0 Å². The van der Waals surface area contributed by atoms with Crippen LogP contribution >= 0.6 is 0 Å². The van der Waals surface area contributed by atoms with Gasteiger partial charge in [-0.25, -0.2) is 4.39 Å². The van der Waals surface area contributed by atoms with Gasteiger partial charge in [0.1, 0.15) is 18.2 Å². The average Bonchev–Trinajstić information content (AvgIpc) is 2.92. The van der Waals surface area contributed by atoms with Crippen LogP contribution in [0.2, 0.25) is 0 Å². The maximum absolute atomic E-state index is 15.4. The molecule has 2 heteroatoms. The summed E-state index contributed by atoms with van der Waals surface area (Å²) in [4.78, 5) is 0. The number of unbranched alkanes of at least 4 members (excludes halogenated alkanes) is 4. The molecule has 0 aliphatic heterocycles. The molecule has 0 heterocycles. The standard InChI is InChI=1S/C34H37FO/c1-3-5-6-7-8-9-26-10-12-27(13-11-26)14-15-28-16-22-33-30(25-28)19-23-32(34(33)35)29-17-20-31(21-18-29)36-24-4-2/h4,10-13,16-23,25H,2-3,5-9,14-15,24H2,1H3. The van der Waals surface area contributed by atoms with Crippen LogP contribution in [0.5, 0.6) is 5.75 Å². The summed E-state index contributed by atoms with van der Waals surface area (Å²) in [5.74, 6) is 0.575. The average molecular weight is 481 g/mol. The first-order valence-electron chi connectivity index (χ1n) is 13.3. The van der Waals surface area contributed by atoms with Crippen LogP contribution in [0.15, 0.2) is 91.5 Å². The number of halogens is 1. The third-order valence-electron chi connectivity index (χ3n) is 6.85. The van der Waals surface area contributed by atoms with Crippen molar-refractivity contribution in [1.82, 2.24) is 0 Å². The van der Waals surface area contributed by atoms with Crippen molar-refractivity contribution in [1.29, 1.82) is 0 Å². The van der Waals surface area contributed by atoms with Crippen LogP contribution in [-0.2, 0) is 19.3 Å². The first kappa shape index (κ1) is 25.7. The van der Waals surface area contributed by atoms with E-state index >= 15 is 4.39 Å². The van der Waals surface area contributed by atoms with Gasteiger partial charge in [-0.2, -0.15) is 0 Å². The number of benzene rings is 4. The van der Waals surface area contributed by atoms with Crippen LogP contribution in [0.3, 0.4) is 0 Å². The normalized spacial score (nSPS) is 11.1. The maximum atomic E-state index is 15.4. The Morgan fingerprint density at radius 3 is 2.11 bits per heavy atom. The Labute approximate surface area is 215 Å². The molecule has 0 atom stereocenters. The van der Waals surface area contributed by atoms with E-state index in [1.165, 1.54) is 55.2 Å². The van der Waals surface area contributed by atoms with Crippen molar-refractivity contribution in [2.45, 2.75) is 58.3 Å². The lowest BCUT2D eigenvalue weighted by Gasteiger charge is -2.10. The summed E-state index contributed by atoms with van der Waals surface area (Å²) in [6, 6.07) is 26.6. The summed E-state index contributed by atoms with van der Waals surface area (Å²) in [7, 11) is 0. The summed E-state index contributed by atoms with van der Waals surface area (Å²) in [6.45, 7) is 6.37. The minimum atomic E-state index is -0.177.